The number of thiophene rings is 1. The Bertz CT molecular complexity index is 396. The van der Waals surface area contributed by atoms with E-state index >= 15 is 0 Å². The summed E-state index contributed by atoms with van der Waals surface area (Å²) in [7, 11) is 0. The first-order chi connectivity index (χ1) is 8.65. The SMILES string of the molecule is Cc1ccc(CC(C)NC(=O)[C@@H]2CCCNC2)s1. The molecule has 0 aromatic carbocycles. The molecule has 100 valence electrons. The molecule has 2 N–H and O–H groups in total. The number of aryl methyl sites for hydroxylation is 1. The lowest BCUT2D eigenvalue weighted by Gasteiger charge is -2.23. The molecule has 2 rings (SSSR count). The Balaban J connectivity index is 1.79. The van der Waals surface area contributed by atoms with Gasteiger partial charge in [0.2, 0.25) is 5.91 Å². The minimum atomic E-state index is 0.159. The predicted octanol–water partition coefficient (Wildman–Crippen LogP) is 2.10. The molecule has 4 heteroatoms. The maximum absolute atomic E-state index is 12.1. The highest BCUT2D eigenvalue weighted by atomic mass is 32.1. The van der Waals surface area contributed by atoms with Crippen LogP contribution in [0.3, 0.4) is 0 Å². The zero-order valence-corrected chi connectivity index (χ0v) is 12.0. The maximum atomic E-state index is 12.1. The fraction of sp³-hybridized carbons (Fsp3) is 0.643. The Hall–Kier alpha value is -0.870. The molecule has 18 heavy (non-hydrogen) atoms. The average Bonchev–Trinajstić information content (AvgIpc) is 2.75. The van der Waals surface area contributed by atoms with Crippen molar-refractivity contribution in [2.75, 3.05) is 13.1 Å². The number of piperidine rings is 1. The van der Waals surface area contributed by atoms with Crippen LogP contribution in [0.1, 0.15) is 29.5 Å². The van der Waals surface area contributed by atoms with Crippen LogP contribution in [-0.4, -0.2) is 25.0 Å². The van der Waals surface area contributed by atoms with Crippen LogP contribution in [0.2, 0.25) is 0 Å². The molecule has 1 unspecified atom stereocenters. The number of hydrogen-bond acceptors (Lipinski definition) is 3. The van der Waals surface area contributed by atoms with E-state index in [0.29, 0.717) is 0 Å². The van der Waals surface area contributed by atoms with E-state index in [1.54, 1.807) is 0 Å². The highest BCUT2D eigenvalue weighted by molar-refractivity contribution is 7.11. The minimum Gasteiger partial charge on any atom is -0.353 e. The van der Waals surface area contributed by atoms with E-state index in [1.807, 2.05) is 11.3 Å². The summed E-state index contributed by atoms with van der Waals surface area (Å²) < 4.78 is 0. The van der Waals surface area contributed by atoms with Gasteiger partial charge >= 0.3 is 0 Å². The van der Waals surface area contributed by atoms with Crippen molar-refractivity contribution < 1.29 is 4.79 Å². The quantitative estimate of drug-likeness (QED) is 0.876. The summed E-state index contributed by atoms with van der Waals surface area (Å²) in [5, 5.41) is 6.42. The van der Waals surface area contributed by atoms with E-state index in [4.69, 9.17) is 0 Å². The van der Waals surface area contributed by atoms with Crippen LogP contribution in [0.5, 0.6) is 0 Å². The third kappa shape index (κ3) is 3.82. The standard InChI is InChI=1S/C14H22N2OS/c1-10(8-13-6-5-11(2)18-13)16-14(17)12-4-3-7-15-9-12/h5-6,10,12,15H,3-4,7-9H2,1-2H3,(H,16,17)/t10?,12-/m1/s1. The number of amides is 1. The molecule has 0 spiro atoms. The molecule has 0 aliphatic carbocycles. The van der Waals surface area contributed by atoms with E-state index in [-0.39, 0.29) is 17.9 Å². The summed E-state index contributed by atoms with van der Waals surface area (Å²) in [6, 6.07) is 4.52. The van der Waals surface area contributed by atoms with Gasteiger partial charge in [-0.25, -0.2) is 0 Å². The van der Waals surface area contributed by atoms with Crippen molar-refractivity contribution in [3.8, 4) is 0 Å². The fourth-order valence-corrected chi connectivity index (χ4v) is 3.40. The highest BCUT2D eigenvalue weighted by Gasteiger charge is 2.22. The second-order valence-corrected chi connectivity index (χ2v) is 6.54. The van der Waals surface area contributed by atoms with Gasteiger partial charge in [-0.2, -0.15) is 0 Å². The van der Waals surface area contributed by atoms with E-state index in [2.05, 4.69) is 36.6 Å². The number of rotatable bonds is 4. The van der Waals surface area contributed by atoms with Crippen molar-refractivity contribution in [2.24, 2.45) is 5.92 Å². The Morgan fingerprint density at radius 2 is 2.44 bits per heavy atom. The van der Waals surface area contributed by atoms with Crippen LogP contribution >= 0.6 is 11.3 Å². The zero-order chi connectivity index (χ0) is 13.0. The Labute approximate surface area is 113 Å². The van der Waals surface area contributed by atoms with Crippen molar-refractivity contribution in [3.05, 3.63) is 21.9 Å². The van der Waals surface area contributed by atoms with Crippen molar-refractivity contribution in [3.63, 3.8) is 0 Å². The normalized spacial score (nSPS) is 21.6. The second kappa shape index (κ2) is 6.34. The van der Waals surface area contributed by atoms with E-state index < -0.39 is 0 Å². The molecule has 1 aromatic heterocycles. The Morgan fingerprint density at radius 3 is 3.06 bits per heavy atom. The van der Waals surface area contributed by atoms with Gasteiger partial charge in [0.1, 0.15) is 0 Å². The maximum Gasteiger partial charge on any atom is 0.224 e. The molecule has 2 atom stereocenters. The van der Waals surface area contributed by atoms with Gasteiger partial charge in [-0.3, -0.25) is 4.79 Å². The van der Waals surface area contributed by atoms with Crippen molar-refractivity contribution in [1.29, 1.82) is 0 Å². The number of nitrogens with one attached hydrogen (secondary N) is 2. The lowest BCUT2D eigenvalue weighted by molar-refractivity contribution is -0.126. The van der Waals surface area contributed by atoms with Crippen molar-refractivity contribution in [1.82, 2.24) is 10.6 Å². The number of carbonyl (C=O) groups is 1. The molecule has 1 aliphatic heterocycles. The van der Waals surface area contributed by atoms with Gasteiger partial charge in [-0.05, 0) is 45.4 Å². The second-order valence-electron chi connectivity index (χ2n) is 5.17. The molecule has 1 aliphatic rings. The third-order valence-electron chi connectivity index (χ3n) is 3.36. The van der Waals surface area contributed by atoms with Crippen LogP contribution in [0.15, 0.2) is 12.1 Å². The molecule has 1 aromatic rings. The summed E-state index contributed by atoms with van der Waals surface area (Å²) >= 11 is 1.82. The topological polar surface area (TPSA) is 41.1 Å². The minimum absolute atomic E-state index is 0.159. The molecule has 1 saturated heterocycles. The van der Waals surface area contributed by atoms with Crippen molar-refractivity contribution in [2.45, 2.75) is 39.2 Å². The predicted molar refractivity (Wildman–Crippen MR) is 76.0 cm³/mol. The lowest BCUT2D eigenvalue weighted by Crippen LogP contribution is -2.44. The molecule has 0 saturated carbocycles. The monoisotopic (exact) mass is 266 g/mol. The first kappa shape index (κ1) is 13.6. The fourth-order valence-electron chi connectivity index (χ4n) is 2.38. The summed E-state index contributed by atoms with van der Waals surface area (Å²) in [4.78, 5) is 14.7. The third-order valence-corrected chi connectivity index (χ3v) is 4.38. The number of carbonyl (C=O) groups excluding carboxylic acids is 1. The van der Waals surface area contributed by atoms with Crippen LogP contribution in [-0.2, 0) is 11.2 Å². The van der Waals surface area contributed by atoms with Crippen LogP contribution < -0.4 is 10.6 Å². The Morgan fingerprint density at radius 1 is 1.61 bits per heavy atom. The van der Waals surface area contributed by atoms with Crippen LogP contribution in [0, 0.1) is 12.8 Å². The molecular formula is C14H22N2OS. The van der Waals surface area contributed by atoms with Gasteiger partial charge in [0.25, 0.3) is 0 Å². The van der Waals surface area contributed by atoms with Gasteiger partial charge in [-0.1, -0.05) is 0 Å². The first-order valence-electron chi connectivity index (χ1n) is 6.71. The van der Waals surface area contributed by atoms with Gasteiger partial charge in [0.15, 0.2) is 0 Å². The van der Waals surface area contributed by atoms with E-state index in [1.165, 1.54) is 9.75 Å². The highest BCUT2D eigenvalue weighted by Crippen LogP contribution is 2.17. The number of hydrogen-bond donors (Lipinski definition) is 2. The molecular weight excluding hydrogens is 244 g/mol. The van der Waals surface area contributed by atoms with Gasteiger partial charge in [0, 0.05) is 28.8 Å². The van der Waals surface area contributed by atoms with Crippen molar-refractivity contribution >= 4 is 17.2 Å². The summed E-state index contributed by atoms with van der Waals surface area (Å²) in [5.74, 6) is 0.370. The summed E-state index contributed by atoms with van der Waals surface area (Å²) in [6.07, 6.45) is 3.06. The summed E-state index contributed by atoms with van der Waals surface area (Å²) in [6.45, 7) is 6.08. The molecule has 0 radical (unpaired) electrons. The Kier molecular flexibility index (Phi) is 4.78. The van der Waals surface area contributed by atoms with Gasteiger partial charge in [-0.15, -0.1) is 11.3 Å². The van der Waals surface area contributed by atoms with Gasteiger partial charge < -0.3 is 10.6 Å². The van der Waals surface area contributed by atoms with E-state index in [0.717, 1.165) is 32.4 Å². The lowest BCUT2D eigenvalue weighted by atomic mass is 9.98. The molecule has 1 amide bonds. The first-order valence-corrected chi connectivity index (χ1v) is 7.53. The average molecular weight is 266 g/mol. The summed E-state index contributed by atoms with van der Waals surface area (Å²) in [5.41, 5.74) is 0. The molecule has 1 fully saturated rings. The smallest absolute Gasteiger partial charge is 0.224 e. The van der Waals surface area contributed by atoms with Crippen LogP contribution in [0.4, 0.5) is 0 Å². The van der Waals surface area contributed by atoms with Gasteiger partial charge in [0.05, 0.1) is 5.92 Å². The van der Waals surface area contributed by atoms with E-state index in [9.17, 15) is 4.79 Å². The molecule has 0 bridgehead atoms. The molecule has 2 heterocycles. The van der Waals surface area contributed by atoms with Crippen LogP contribution in [0.25, 0.3) is 0 Å². The zero-order valence-electron chi connectivity index (χ0n) is 11.2. The largest absolute Gasteiger partial charge is 0.353 e. The molecule has 3 nitrogen and oxygen atoms in total.